The van der Waals surface area contributed by atoms with Crippen LogP contribution in [0.1, 0.15) is 64.1 Å². The lowest BCUT2D eigenvalue weighted by atomic mass is 9.53. The number of nitrogens with zero attached hydrogens (tertiary/aromatic N) is 2. The van der Waals surface area contributed by atoms with Crippen molar-refractivity contribution in [2.75, 3.05) is 11.1 Å². The molecule has 3 N–H and O–H groups in total. The first-order valence-corrected chi connectivity index (χ1v) is 8.58. The van der Waals surface area contributed by atoms with Crippen molar-refractivity contribution < 1.29 is 0 Å². The summed E-state index contributed by atoms with van der Waals surface area (Å²) >= 11 is 0. The summed E-state index contributed by atoms with van der Waals surface area (Å²) in [4.78, 5) is 0. The van der Waals surface area contributed by atoms with Crippen LogP contribution in [0.2, 0.25) is 0 Å². The van der Waals surface area contributed by atoms with Crippen LogP contribution < -0.4 is 11.1 Å². The van der Waals surface area contributed by atoms with Crippen molar-refractivity contribution in [1.29, 1.82) is 0 Å². The van der Waals surface area contributed by atoms with E-state index < -0.39 is 0 Å². The predicted octanol–water partition coefficient (Wildman–Crippen LogP) is 3.74. The molecule has 1 aromatic heterocycles. The van der Waals surface area contributed by atoms with Crippen molar-refractivity contribution in [1.82, 2.24) is 9.78 Å². The van der Waals surface area contributed by atoms with Gasteiger partial charge < -0.3 is 11.1 Å². The number of aromatic nitrogens is 2. The Morgan fingerprint density at radius 3 is 2.14 bits per heavy atom. The highest BCUT2D eigenvalue weighted by Gasteiger charge is 2.51. The van der Waals surface area contributed by atoms with Gasteiger partial charge in [0.2, 0.25) is 0 Å². The summed E-state index contributed by atoms with van der Waals surface area (Å²) in [6.45, 7) is 6.37. The number of anilines is 2. The topological polar surface area (TPSA) is 55.9 Å². The molecule has 1 heterocycles. The Morgan fingerprint density at radius 2 is 1.67 bits per heavy atom. The third-order valence-electron chi connectivity index (χ3n) is 6.04. The van der Waals surface area contributed by atoms with Crippen LogP contribution in [-0.2, 0) is 0 Å². The maximum absolute atomic E-state index is 6.32. The Bertz CT molecular complexity index is 522. The van der Waals surface area contributed by atoms with E-state index in [4.69, 9.17) is 5.73 Å². The van der Waals surface area contributed by atoms with Crippen LogP contribution in [-0.4, -0.2) is 15.3 Å². The summed E-state index contributed by atoms with van der Waals surface area (Å²) in [5.41, 5.74) is 8.42. The zero-order chi connectivity index (χ0) is 14.8. The van der Waals surface area contributed by atoms with Gasteiger partial charge in [0, 0.05) is 11.6 Å². The van der Waals surface area contributed by atoms with Gasteiger partial charge in [-0.25, -0.2) is 4.68 Å². The molecule has 0 aromatic carbocycles. The van der Waals surface area contributed by atoms with Gasteiger partial charge in [-0.2, -0.15) is 5.10 Å². The lowest BCUT2D eigenvalue weighted by molar-refractivity contribution is 0.0103. The van der Waals surface area contributed by atoms with E-state index in [0.29, 0.717) is 11.6 Å². The second kappa shape index (κ2) is 4.40. The number of nitrogen functional groups attached to an aromatic ring is 1. The van der Waals surface area contributed by atoms with E-state index in [1.807, 2.05) is 6.92 Å². The summed E-state index contributed by atoms with van der Waals surface area (Å²) in [6, 6.07) is 0.345. The van der Waals surface area contributed by atoms with Gasteiger partial charge in [0.25, 0.3) is 0 Å². The average Bonchev–Trinajstić information content (AvgIpc) is 2.65. The molecular formula is C17H28N4. The molecule has 0 amide bonds. The number of nitrogens with one attached hydrogen (secondary N) is 1. The van der Waals surface area contributed by atoms with Crippen molar-refractivity contribution in [3.63, 3.8) is 0 Å². The molecule has 0 atom stereocenters. The van der Waals surface area contributed by atoms with Crippen molar-refractivity contribution in [2.24, 2.45) is 17.8 Å². The van der Waals surface area contributed by atoms with Gasteiger partial charge in [0.15, 0.2) is 0 Å². The molecule has 116 valence electrons. The highest BCUT2D eigenvalue weighted by atomic mass is 15.4. The maximum Gasteiger partial charge on any atom is 0.148 e. The standard InChI is InChI=1S/C17H28N4/c1-10(2)21-16(15(18)11(3)20-21)19-17-7-12-4-13(8-17)6-14(5-12)9-17/h10,12-14,19H,4-9,18H2,1-3H3. The molecule has 4 aliphatic carbocycles. The largest absolute Gasteiger partial charge is 0.394 e. The molecule has 21 heavy (non-hydrogen) atoms. The van der Waals surface area contributed by atoms with E-state index in [2.05, 4.69) is 28.9 Å². The van der Waals surface area contributed by atoms with Gasteiger partial charge in [-0.3, -0.25) is 0 Å². The monoisotopic (exact) mass is 288 g/mol. The van der Waals surface area contributed by atoms with Crippen LogP contribution >= 0.6 is 0 Å². The minimum atomic E-state index is 0.294. The Kier molecular flexibility index (Phi) is 2.82. The van der Waals surface area contributed by atoms with Crippen LogP contribution in [0, 0.1) is 24.7 Å². The van der Waals surface area contributed by atoms with Crippen LogP contribution in [0.5, 0.6) is 0 Å². The number of aryl methyl sites for hydroxylation is 1. The van der Waals surface area contributed by atoms with Crippen LogP contribution in [0.25, 0.3) is 0 Å². The number of nitrogens with two attached hydrogens (primary N) is 1. The third kappa shape index (κ3) is 2.06. The number of rotatable bonds is 3. The van der Waals surface area contributed by atoms with E-state index in [9.17, 15) is 0 Å². The van der Waals surface area contributed by atoms with E-state index in [-0.39, 0.29) is 0 Å². The van der Waals surface area contributed by atoms with Gasteiger partial charge in [-0.1, -0.05) is 0 Å². The first-order chi connectivity index (χ1) is 9.96. The third-order valence-corrected chi connectivity index (χ3v) is 6.04. The fourth-order valence-electron chi connectivity index (χ4n) is 5.57. The fourth-order valence-corrected chi connectivity index (χ4v) is 5.57. The second-order valence-electron chi connectivity index (χ2n) is 8.21. The van der Waals surface area contributed by atoms with Gasteiger partial charge in [-0.05, 0) is 77.0 Å². The normalized spacial score (nSPS) is 37.4. The van der Waals surface area contributed by atoms with Gasteiger partial charge >= 0.3 is 0 Å². The molecule has 5 rings (SSSR count). The molecule has 0 saturated heterocycles. The zero-order valence-corrected chi connectivity index (χ0v) is 13.5. The van der Waals surface area contributed by atoms with E-state index in [1.165, 1.54) is 38.5 Å². The Hall–Kier alpha value is -1.19. The SMILES string of the molecule is Cc1nn(C(C)C)c(NC23CC4CC(CC(C4)C2)C3)c1N. The van der Waals surface area contributed by atoms with Gasteiger partial charge in [-0.15, -0.1) is 0 Å². The molecule has 4 heteroatoms. The van der Waals surface area contributed by atoms with Crippen molar-refractivity contribution >= 4 is 11.5 Å². The molecule has 4 saturated carbocycles. The lowest BCUT2D eigenvalue weighted by Gasteiger charge is -2.57. The molecule has 0 radical (unpaired) electrons. The van der Waals surface area contributed by atoms with Gasteiger partial charge in [0.05, 0.1) is 11.4 Å². The zero-order valence-electron chi connectivity index (χ0n) is 13.5. The lowest BCUT2D eigenvalue weighted by Crippen LogP contribution is -2.55. The molecule has 0 spiro atoms. The maximum atomic E-state index is 6.32. The minimum absolute atomic E-state index is 0.294. The molecule has 4 bridgehead atoms. The second-order valence-corrected chi connectivity index (χ2v) is 8.21. The van der Waals surface area contributed by atoms with Crippen LogP contribution in [0.3, 0.4) is 0 Å². The van der Waals surface area contributed by atoms with Gasteiger partial charge in [0.1, 0.15) is 5.82 Å². The van der Waals surface area contributed by atoms with Crippen LogP contribution in [0.4, 0.5) is 11.5 Å². The minimum Gasteiger partial charge on any atom is -0.394 e. The summed E-state index contributed by atoms with van der Waals surface area (Å²) < 4.78 is 2.09. The summed E-state index contributed by atoms with van der Waals surface area (Å²) in [5.74, 6) is 3.91. The highest BCUT2D eigenvalue weighted by Crippen LogP contribution is 2.56. The molecule has 4 nitrogen and oxygen atoms in total. The summed E-state index contributed by atoms with van der Waals surface area (Å²) in [7, 11) is 0. The first-order valence-electron chi connectivity index (χ1n) is 8.58. The van der Waals surface area contributed by atoms with E-state index >= 15 is 0 Å². The first kappa shape index (κ1) is 13.5. The molecule has 0 aliphatic heterocycles. The fraction of sp³-hybridized carbons (Fsp3) is 0.824. The highest BCUT2D eigenvalue weighted by molar-refractivity contribution is 5.66. The molecule has 0 unspecified atom stereocenters. The summed E-state index contributed by atoms with van der Waals surface area (Å²) in [6.07, 6.45) is 8.42. The van der Waals surface area contributed by atoms with E-state index in [0.717, 1.165) is 35.0 Å². The predicted molar refractivity (Wildman–Crippen MR) is 86.3 cm³/mol. The molecule has 4 aliphatic rings. The Balaban J connectivity index is 1.67. The Labute approximate surface area is 127 Å². The molecule has 1 aromatic rings. The smallest absolute Gasteiger partial charge is 0.148 e. The number of hydrogen-bond donors (Lipinski definition) is 2. The molecule has 4 fully saturated rings. The van der Waals surface area contributed by atoms with Crippen molar-refractivity contribution in [3.8, 4) is 0 Å². The van der Waals surface area contributed by atoms with Crippen LogP contribution in [0.15, 0.2) is 0 Å². The van der Waals surface area contributed by atoms with Crippen molar-refractivity contribution in [3.05, 3.63) is 5.69 Å². The summed E-state index contributed by atoms with van der Waals surface area (Å²) in [5, 5.41) is 8.54. The Morgan fingerprint density at radius 1 is 1.14 bits per heavy atom. The van der Waals surface area contributed by atoms with E-state index in [1.54, 1.807) is 0 Å². The van der Waals surface area contributed by atoms with Crippen molar-refractivity contribution in [2.45, 2.75) is 70.9 Å². The quantitative estimate of drug-likeness (QED) is 0.891. The average molecular weight is 288 g/mol. The number of hydrogen-bond acceptors (Lipinski definition) is 3. The molecular weight excluding hydrogens is 260 g/mol.